The van der Waals surface area contributed by atoms with Gasteiger partial charge in [-0.25, -0.2) is 0 Å². The van der Waals surface area contributed by atoms with Crippen LogP contribution >= 0.6 is 7.60 Å². The Morgan fingerprint density at radius 2 is 0.733 bits per heavy atom. The average molecular weight is 815 g/mol. The lowest BCUT2D eigenvalue weighted by Gasteiger charge is -2.14. The number of hydrogen-bond acceptors (Lipinski definition) is 3. The van der Waals surface area contributed by atoms with Crippen LogP contribution in [0.5, 0.6) is 11.5 Å². The lowest BCUT2D eigenvalue weighted by atomic mass is 10.1. The molecule has 5 nitrogen and oxygen atoms in total. The van der Waals surface area contributed by atoms with Crippen molar-refractivity contribution in [3.8, 4) is 58.9 Å². The average Bonchev–Trinajstić information content (AvgIpc) is 3.27. The van der Waals surface area contributed by atoms with Gasteiger partial charge in [0.1, 0.15) is 11.5 Å². The fourth-order valence-corrected chi connectivity index (χ4v) is 6.76. The molecule has 6 heteroatoms. The zero-order valence-corrected chi connectivity index (χ0v) is 35.8. The van der Waals surface area contributed by atoms with Crippen LogP contribution in [0.3, 0.4) is 0 Å². The third kappa shape index (κ3) is 16.0. The van der Waals surface area contributed by atoms with Gasteiger partial charge >= 0.3 is 7.60 Å². The van der Waals surface area contributed by atoms with Crippen LogP contribution in [0.15, 0.2) is 115 Å². The monoisotopic (exact) mass is 814 g/mol. The van der Waals surface area contributed by atoms with Crippen molar-refractivity contribution < 1.29 is 23.8 Å². The van der Waals surface area contributed by atoms with E-state index >= 15 is 0 Å². The van der Waals surface area contributed by atoms with Gasteiger partial charge in [0.2, 0.25) is 0 Å². The van der Waals surface area contributed by atoms with Crippen LogP contribution in [-0.2, 0) is 4.57 Å². The second-order valence-electron chi connectivity index (χ2n) is 14.7. The first-order chi connectivity index (χ1) is 29.3. The molecule has 60 heavy (non-hydrogen) atoms. The highest BCUT2D eigenvalue weighted by Gasteiger charge is 2.16. The molecule has 5 aromatic carbocycles. The Morgan fingerprint density at radius 3 is 1.10 bits per heavy atom. The van der Waals surface area contributed by atoms with Crippen LogP contribution < -0.4 is 14.8 Å². The molecule has 0 radical (unpaired) electrons. The maximum Gasteiger partial charge on any atom is 0.356 e. The van der Waals surface area contributed by atoms with Gasteiger partial charge in [0.05, 0.1) is 29.6 Å². The fourth-order valence-electron chi connectivity index (χ4n) is 6.23. The summed E-state index contributed by atoms with van der Waals surface area (Å²) in [5.41, 5.74) is 6.57. The van der Waals surface area contributed by atoms with E-state index in [0.29, 0.717) is 30.3 Å². The maximum atomic E-state index is 11.5. The van der Waals surface area contributed by atoms with E-state index in [4.69, 9.17) is 9.47 Å². The van der Waals surface area contributed by atoms with Crippen molar-refractivity contribution in [1.82, 2.24) is 0 Å². The minimum absolute atomic E-state index is 0.0295. The number of hydrogen-bond donors (Lipinski definition) is 2. The highest BCUT2D eigenvalue weighted by atomic mass is 31.2. The molecule has 0 heterocycles. The van der Waals surface area contributed by atoms with Gasteiger partial charge in [-0.1, -0.05) is 144 Å². The SMILES string of the molecule is CCCCCCCCOc1cc(C#Cc2ccc(C#Cc3ccc(P(=O)(O)O)cc3)cc2)c(OCCCCCCCC)cc1C#Cc1ccc(C#Cc2ccccc2)cc1. The first-order valence-corrected chi connectivity index (χ1v) is 22.8. The Kier molecular flexibility index (Phi) is 18.7. The van der Waals surface area contributed by atoms with E-state index in [1.165, 1.54) is 63.5 Å². The lowest BCUT2D eigenvalue weighted by molar-refractivity contribution is 0.295. The van der Waals surface area contributed by atoms with E-state index in [2.05, 4.69) is 61.2 Å². The van der Waals surface area contributed by atoms with Gasteiger partial charge < -0.3 is 19.3 Å². The summed E-state index contributed by atoms with van der Waals surface area (Å²) in [5.74, 6) is 27.4. The molecule has 306 valence electrons. The predicted octanol–water partition coefficient (Wildman–Crippen LogP) is 11.6. The summed E-state index contributed by atoms with van der Waals surface area (Å²) >= 11 is 0. The second-order valence-corrected chi connectivity index (χ2v) is 16.3. The Labute approximate surface area is 358 Å². The maximum absolute atomic E-state index is 11.5. The summed E-state index contributed by atoms with van der Waals surface area (Å²) < 4.78 is 24.4. The number of ether oxygens (including phenoxy) is 2. The van der Waals surface area contributed by atoms with Crippen molar-refractivity contribution in [3.05, 3.63) is 160 Å². The van der Waals surface area contributed by atoms with Crippen LogP contribution in [0.1, 0.15) is 135 Å². The minimum atomic E-state index is -4.29. The van der Waals surface area contributed by atoms with Crippen molar-refractivity contribution in [2.45, 2.75) is 90.9 Å². The van der Waals surface area contributed by atoms with Crippen LogP contribution in [0.25, 0.3) is 0 Å². The topological polar surface area (TPSA) is 76.0 Å². The molecule has 5 aromatic rings. The van der Waals surface area contributed by atoms with Crippen LogP contribution in [0, 0.1) is 47.4 Å². The van der Waals surface area contributed by atoms with Gasteiger partial charge in [-0.15, -0.1) is 0 Å². The third-order valence-electron chi connectivity index (χ3n) is 9.73. The summed E-state index contributed by atoms with van der Waals surface area (Å²) in [6.45, 7) is 5.65. The Morgan fingerprint density at radius 1 is 0.417 bits per heavy atom. The van der Waals surface area contributed by atoms with E-state index in [1.54, 1.807) is 12.1 Å². The van der Waals surface area contributed by atoms with E-state index in [1.807, 2.05) is 91.0 Å². The summed E-state index contributed by atoms with van der Waals surface area (Å²) in [7, 11) is -4.29. The Balaban J connectivity index is 1.39. The Bertz CT molecular complexity index is 2400. The predicted molar refractivity (Wildman–Crippen MR) is 246 cm³/mol. The van der Waals surface area contributed by atoms with Gasteiger partial charge in [0, 0.05) is 45.5 Å². The van der Waals surface area contributed by atoms with Gasteiger partial charge in [0.25, 0.3) is 0 Å². The molecule has 0 aliphatic rings. The first-order valence-electron chi connectivity index (χ1n) is 21.2. The van der Waals surface area contributed by atoms with Crippen molar-refractivity contribution in [1.29, 1.82) is 0 Å². The molecule has 0 aromatic heterocycles. The van der Waals surface area contributed by atoms with Gasteiger partial charge in [0.15, 0.2) is 0 Å². The summed E-state index contributed by atoms with van der Waals surface area (Å²) in [5, 5.41) is -0.0295. The van der Waals surface area contributed by atoms with Crippen LogP contribution in [-0.4, -0.2) is 23.0 Å². The summed E-state index contributed by atoms with van der Waals surface area (Å²) in [6, 6.07) is 35.6. The van der Waals surface area contributed by atoms with Gasteiger partial charge in [-0.05, 0) is 97.8 Å². The molecule has 0 fully saturated rings. The number of rotatable bonds is 17. The summed E-state index contributed by atoms with van der Waals surface area (Å²) in [6.07, 6.45) is 14.0. The van der Waals surface area contributed by atoms with Crippen molar-refractivity contribution in [3.63, 3.8) is 0 Å². The van der Waals surface area contributed by atoms with Crippen molar-refractivity contribution >= 4 is 12.9 Å². The fraction of sp³-hybridized carbons (Fsp3) is 0.296. The lowest BCUT2D eigenvalue weighted by Crippen LogP contribution is -2.03. The molecular formula is C54H55O5P. The first kappa shape index (κ1) is 45.2. The zero-order chi connectivity index (χ0) is 42.3. The van der Waals surface area contributed by atoms with E-state index in [-0.39, 0.29) is 5.30 Å². The third-order valence-corrected chi connectivity index (χ3v) is 10.7. The van der Waals surface area contributed by atoms with E-state index in [0.717, 1.165) is 64.6 Å². The number of benzene rings is 5. The molecule has 5 rings (SSSR count). The van der Waals surface area contributed by atoms with Gasteiger partial charge in [-0.2, -0.15) is 0 Å². The molecule has 0 spiro atoms. The normalized spacial score (nSPS) is 10.5. The van der Waals surface area contributed by atoms with Crippen LogP contribution in [0.4, 0.5) is 0 Å². The molecule has 0 saturated heterocycles. The molecular weight excluding hydrogens is 760 g/mol. The molecule has 0 bridgehead atoms. The number of unbranched alkanes of at least 4 members (excludes halogenated alkanes) is 10. The zero-order valence-electron chi connectivity index (χ0n) is 34.9. The molecule has 0 saturated carbocycles. The van der Waals surface area contributed by atoms with Crippen LogP contribution in [0.2, 0.25) is 0 Å². The van der Waals surface area contributed by atoms with E-state index in [9.17, 15) is 14.4 Å². The molecule has 0 atom stereocenters. The largest absolute Gasteiger partial charge is 0.492 e. The standard InChI is InChI=1S/C54H55O5P/c1-3-5-7-9-11-16-40-58-53-43-51(37-33-48-29-24-46(25-30-48)26-31-49-34-38-52(39-35-49)60(55,56)57)54(59-41-17-12-10-8-6-4-2)42-50(53)36-32-47-27-22-45(23-28-47)21-20-44-18-14-13-15-19-44/h13-15,18-19,22-25,27-30,34-35,38-39,42-43H,3-12,16-17,40-41H2,1-2H3,(H2,55,56,57). The van der Waals surface area contributed by atoms with E-state index < -0.39 is 7.60 Å². The van der Waals surface area contributed by atoms with Gasteiger partial charge in [-0.3, -0.25) is 4.57 Å². The Hall–Kier alpha value is -5.91. The highest BCUT2D eigenvalue weighted by Crippen LogP contribution is 2.33. The highest BCUT2D eigenvalue weighted by molar-refractivity contribution is 7.60. The minimum Gasteiger partial charge on any atom is -0.492 e. The van der Waals surface area contributed by atoms with Crippen molar-refractivity contribution in [2.75, 3.05) is 13.2 Å². The smallest absolute Gasteiger partial charge is 0.356 e. The molecule has 0 aliphatic heterocycles. The molecule has 0 aliphatic carbocycles. The molecule has 0 unspecified atom stereocenters. The van der Waals surface area contributed by atoms with Crippen molar-refractivity contribution in [2.24, 2.45) is 0 Å². The summed E-state index contributed by atoms with van der Waals surface area (Å²) in [4.78, 5) is 18.7. The molecule has 0 amide bonds. The molecule has 2 N–H and O–H groups in total. The second kappa shape index (κ2) is 24.9. The quantitative estimate of drug-likeness (QED) is 0.0555.